The number of hydrogen-bond donors (Lipinski definition) is 1. The number of nitrogens with zero attached hydrogens (tertiary/aromatic N) is 1. The minimum Gasteiger partial charge on any atom is -0.317 e. The van der Waals surface area contributed by atoms with Crippen LogP contribution in [0.3, 0.4) is 0 Å². The lowest BCUT2D eigenvalue weighted by Gasteiger charge is -2.30. The van der Waals surface area contributed by atoms with Crippen LogP contribution in [0.15, 0.2) is 17.5 Å². The van der Waals surface area contributed by atoms with Crippen LogP contribution >= 0.6 is 11.3 Å². The average molecular weight is 268 g/mol. The second-order valence-electron chi connectivity index (χ2n) is 5.14. The van der Waals surface area contributed by atoms with Crippen LogP contribution in [-0.2, 0) is 6.42 Å². The maximum absolute atomic E-state index is 3.39. The topological polar surface area (TPSA) is 15.3 Å². The van der Waals surface area contributed by atoms with Gasteiger partial charge in [-0.1, -0.05) is 13.0 Å². The summed E-state index contributed by atoms with van der Waals surface area (Å²) in [5, 5.41) is 5.56. The molecule has 0 spiro atoms. The van der Waals surface area contributed by atoms with Gasteiger partial charge in [-0.05, 0) is 64.7 Å². The summed E-state index contributed by atoms with van der Waals surface area (Å²) in [6.07, 6.45) is 3.72. The number of rotatable bonds is 9. The lowest BCUT2D eigenvalue weighted by atomic mass is 10.1. The molecule has 0 fully saturated rings. The number of thiophene rings is 1. The van der Waals surface area contributed by atoms with Crippen LogP contribution in [-0.4, -0.2) is 37.1 Å². The molecular weight excluding hydrogens is 240 g/mol. The highest BCUT2D eigenvalue weighted by molar-refractivity contribution is 7.09. The van der Waals surface area contributed by atoms with Crippen molar-refractivity contribution in [1.29, 1.82) is 0 Å². The van der Waals surface area contributed by atoms with Crippen LogP contribution in [0.5, 0.6) is 0 Å². The van der Waals surface area contributed by atoms with Gasteiger partial charge in [-0.25, -0.2) is 0 Å². The van der Waals surface area contributed by atoms with Crippen molar-refractivity contribution in [3.63, 3.8) is 0 Å². The van der Waals surface area contributed by atoms with Crippen molar-refractivity contribution < 1.29 is 0 Å². The van der Waals surface area contributed by atoms with Gasteiger partial charge in [0.2, 0.25) is 0 Å². The summed E-state index contributed by atoms with van der Waals surface area (Å²) >= 11 is 1.87. The Hall–Kier alpha value is -0.380. The second-order valence-corrected chi connectivity index (χ2v) is 6.18. The maximum atomic E-state index is 3.39. The standard InChI is InChI=1S/C15H28N2S/c1-5-16-10-6-8-13(2)17(4)14(3)12-15-9-7-11-18-15/h7,9,11,13-14,16H,5-6,8,10,12H2,1-4H3. The Balaban J connectivity index is 2.26. The lowest BCUT2D eigenvalue weighted by molar-refractivity contribution is 0.184. The van der Waals surface area contributed by atoms with Crippen LogP contribution in [0, 0.1) is 0 Å². The van der Waals surface area contributed by atoms with E-state index in [-0.39, 0.29) is 0 Å². The van der Waals surface area contributed by atoms with Gasteiger partial charge in [-0.3, -0.25) is 0 Å². The molecular formula is C15H28N2S. The van der Waals surface area contributed by atoms with Gasteiger partial charge in [0, 0.05) is 17.0 Å². The predicted octanol–water partition coefficient (Wildman–Crippen LogP) is 3.39. The monoisotopic (exact) mass is 268 g/mol. The van der Waals surface area contributed by atoms with Crippen LogP contribution in [0.2, 0.25) is 0 Å². The van der Waals surface area contributed by atoms with E-state index in [9.17, 15) is 0 Å². The molecule has 0 aliphatic rings. The molecule has 18 heavy (non-hydrogen) atoms. The zero-order valence-electron chi connectivity index (χ0n) is 12.3. The van der Waals surface area contributed by atoms with Gasteiger partial charge < -0.3 is 10.2 Å². The van der Waals surface area contributed by atoms with Crippen molar-refractivity contribution in [2.45, 2.75) is 52.1 Å². The van der Waals surface area contributed by atoms with E-state index >= 15 is 0 Å². The van der Waals surface area contributed by atoms with Crippen LogP contribution in [0.25, 0.3) is 0 Å². The summed E-state index contributed by atoms with van der Waals surface area (Å²) in [6.45, 7) is 9.07. The smallest absolute Gasteiger partial charge is 0.0115 e. The summed E-state index contributed by atoms with van der Waals surface area (Å²) in [6, 6.07) is 5.67. The van der Waals surface area contributed by atoms with E-state index in [0.717, 1.165) is 13.1 Å². The highest BCUT2D eigenvalue weighted by Crippen LogP contribution is 2.16. The van der Waals surface area contributed by atoms with Gasteiger partial charge >= 0.3 is 0 Å². The molecule has 104 valence electrons. The summed E-state index contributed by atoms with van der Waals surface area (Å²) in [5.41, 5.74) is 0. The largest absolute Gasteiger partial charge is 0.317 e. The third-order valence-corrected chi connectivity index (χ3v) is 4.59. The first-order valence-electron chi connectivity index (χ1n) is 7.10. The van der Waals surface area contributed by atoms with E-state index < -0.39 is 0 Å². The van der Waals surface area contributed by atoms with Crippen LogP contribution in [0.4, 0.5) is 0 Å². The normalized spacial score (nSPS) is 14.9. The number of hydrogen-bond acceptors (Lipinski definition) is 3. The molecule has 1 N–H and O–H groups in total. The van der Waals surface area contributed by atoms with Crippen LogP contribution < -0.4 is 5.32 Å². The molecule has 1 aromatic rings. The Kier molecular flexibility index (Phi) is 7.56. The first-order valence-corrected chi connectivity index (χ1v) is 7.98. The van der Waals surface area contributed by atoms with Crippen molar-refractivity contribution >= 4 is 11.3 Å². The zero-order valence-corrected chi connectivity index (χ0v) is 13.1. The minimum atomic E-state index is 0.623. The summed E-state index contributed by atoms with van der Waals surface area (Å²) < 4.78 is 0. The Morgan fingerprint density at radius 1 is 1.33 bits per heavy atom. The molecule has 0 bridgehead atoms. The molecule has 0 aliphatic heterocycles. The van der Waals surface area contributed by atoms with Gasteiger partial charge in [0.15, 0.2) is 0 Å². The Labute approximate surface area is 116 Å². The van der Waals surface area contributed by atoms with E-state index in [1.165, 1.54) is 24.1 Å². The van der Waals surface area contributed by atoms with Crippen molar-refractivity contribution in [3.8, 4) is 0 Å². The second kappa shape index (κ2) is 8.68. The van der Waals surface area contributed by atoms with Crippen molar-refractivity contribution in [2.24, 2.45) is 0 Å². The summed E-state index contributed by atoms with van der Waals surface area (Å²) in [4.78, 5) is 4.01. The van der Waals surface area contributed by atoms with Gasteiger partial charge in [0.05, 0.1) is 0 Å². The molecule has 3 heteroatoms. The fourth-order valence-corrected chi connectivity index (χ4v) is 3.03. The van der Waals surface area contributed by atoms with Gasteiger partial charge in [0.25, 0.3) is 0 Å². The van der Waals surface area contributed by atoms with Crippen molar-refractivity contribution in [3.05, 3.63) is 22.4 Å². The first-order chi connectivity index (χ1) is 8.65. The first kappa shape index (κ1) is 15.7. The van der Waals surface area contributed by atoms with E-state index in [4.69, 9.17) is 0 Å². The summed E-state index contributed by atoms with van der Waals surface area (Å²) in [7, 11) is 2.26. The third-order valence-electron chi connectivity index (χ3n) is 3.69. The molecule has 0 saturated heterocycles. The molecule has 2 atom stereocenters. The quantitative estimate of drug-likeness (QED) is 0.691. The van der Waals surface area contributed by atoms with Crippen molar-refractivity contribution in [2.75, 3.05) is 20.1 Å². The molecule has 0 aromatic carbocycles. The molecule has 1 aromatic heterocycles. The lowest BCUT2D eigenvalue weighted by Crippen LogP contribution is -2.38. The van der Waals surface area contributed by atoms with E-state index in [2.05, 4.69) is 55.5 Å². The van der Waals surface area contributed by atoms with Gasteiger partial charge in [-0.2, -0.15) is 0 Å². The van der Waals surface area contributed by atoms with E-state index in [1.807, 2.05) is 11.3 Å². The highest BCUT2D eigenvalue weighted by Gasteiger charge is 2.16. The third kappa shape index (κ3) is 5.51. The molecule has 2 nitrogen and oxygen atoms in total. The van der Waals surface area contributed by atoms with Crippen LogP contribution in [0.1, 0.15) is 38.5 Å². The van der Waals surface area contributed by atoms with E-state index in [0.29, 0.717) is 12.1 Å². The minimum absolute atomic E-state index is 0.623. The molecule has 0 saturated carbocycles. The molecule has 1 heterocycles. The fraction of sp³-hybridized carbons (Fsp3) is 0.733. The zero-order chi connectivity index (χ0) is 13.4. The molecule has 1 rings (SSSR count). The maximum Gasteiger partial charge on any atom is 0.0115 e. The molecule has 0 aliphatic carbocycles. The van der Waals surface area contributed by atoms with Crippen molar-refractivity contribution in [1.82, 2.24) is 10.2 Å². The SMILES string of the molecule is CCNCCCC(C)N(C)C(C)Cc1cccs1. The Morgan fingerprint density at radius 3 is 2.72 bits per heavy atom. The Morgan fingerprint density at radius 2 is 2.11 bits per heavy atom. The van der Waals surface area contributed by atoms with Gasteiger partial charge in [0.1, 0.15) is 0 Å². The van der Waals surface area contributed by atoms with E-state index in [1.54, 1.807) is 0 Å². The highest BCUT2D eigenvalue weighted by atomic mass is 32.1. The fourth-order valence-electron chi connectivity index (χ4n) is 2.20. The predicted molar refractivity (Wildman–Crippen MR) is 82.5 cm³/mol. The number of likely N-dealkylation sites (N-methyl/N-ethyl adjacent to an activating group) is 1. The summed E-state index contributed by atoms with van der Waals surface area (Å²) in [5.74, 6) is 0. The molecule has 0 amide bonds. The number of nitrogens with one attached hydrogen (secondary N) is 1. The Bertz CT molecular complexity index is 297. The molecule has 2 unspecified atom stereocenters. The average Bonchev–Trinajstić information content (AvgIpc) is 2.86. The van der Waals surface area contributed by atoms with Gasteiger partial charge in [-0.15, -0.1) is 11.3 Å². The molecule has 0 radical (unpaired) electrons.